The maximum absolute atomic E-state index is 4.54. The minimum atomic E-state index is 0.855. The van der Waals surface area contributed by atoms with Crippen molar-refractivity contribution in [1.82, 2.24) is 20.1 Å². The second-order valence-corrected chi connectivity index (χ2v) is 6.82. The van der Waals surface area contributed by atoms with Gasteiger partial charge in [-0.15, -0.1) is 0 Å². The number of rotatable bonds is 6. The molecule has 1 N–H and O–H groups in total. The predicted octanol–water partition coefficient (Wildman–Crippen LogP) is 2.82. The molecule has 0 saturated carbocycles. The minimum Gasteiger partial charge on any atom is -0.371 e. The molecule has 2 aromatic heterocycles. The molecule has 1 aromatic carbocycles. The van der Waals surface area contributed by atoms with E-state index in [1.807, 2.05) is 24.9 Å². The monoisotopic (exact) mass is 335 g/mol. The summed E-state index contributed by atoms with van der Waals surface area (Å²) in [6.07, 6.45) is 4.28. The Morgan fingerprint density at radius 3 is 3.04 bits per heavy atom. The number of anilines is 1. The molecule has 0 saturated heterocycles. The van der Waals surface area contributed by atoms with Gasteiger partial charge in [-0.1, -0.05) is 18.2 Å². The molecule has 0 amide bonds. The summed E-state index contributed by atoms with van der Waals surface area (Å²) in [5.74, 6) is 0. The first-order valence-corrected chi connectivity index (χ1v) is 9.04. The van der Waals surface area contributed by atoms with Crippen LogP contribution in [0.5, 0.6) is 0 Å². The quantitative estimate of drug-likeness (QED) is 0.704. The topological polar surface area (TPSA) is 46.0 Å². The molecule has 0 atom stereocenters. The van der Waals surface area contributed by atoms with Crippen molar-refractivity contribution in [2.75, 3.05) is 24.5 Å². The van der Waals surface area contributed by atoms with E-state index in [1.54, 1.807) is 0 Å². The largest absolute Gasteiger partial charge is 0.371 e. The highest BCUT2D eigenvalue weighted by Gasteiger charge is 2.17. The molecule has 0 fully saturated rings. The van der Waals surface area contributed by atoms with Gasteiger partial charge in [-0.2, -0.15) is 5.10 Å². The van der Waals surface area contributed by atoms with Gasteiger partial charge in [0.1, 0.15) is 0 Å². The summed E-state index contributed by atoms with van der Waals surface area (Å²) in [6, 6.07) is 11.0. The van der Waals surface area contributed by atoms with Crippen molar-refractivity contribution < 1.29 is 0 Å². The Hall–Kier alpha value is -2.40. The van der Waals surface area contributed by atoms with Gasteiger partial charge in [-0.3, -0.25) is 4.68 Å². The minimum absolute atomic E-state index is 0.855. The fourth-order valence-corrected chi connectivity index (χ4v) is 3.71. The van der Waals surface area contributed by atoms with Crippen molar-refractivity contribution in [1.29, 1.82) is 0 Å². The third kappa shape index (κ3) is 3.24. The average Bonchev–Trinajstić information content (AvgIpc) is 3.16. The van der Waals surface area contributed by atoms with E-state index in [9.17, 15) is 0 Å². The molecule has 4 rings (SSSR count). The van der Waals surface area contributed by atoms with Crippen LogP contribution in [0.3, 0.4) is 0 Å². The van der Waals surface area contributed by atoms with Crippen molar-refractivity contribution in [3.63, 3.8) is 0 Å². The van der Waals surface area contributed by atoms with E-state index in [4.69, 9.17) is 0 Å². The number of nitrogens with zero attached hydrogens (tertiary/aromatic N) is 4. The zero-order valence-corrected chi connectivity index (χ0v) is 15.0. The molecule has 0 spiro atoms. The zero-order valence-electron chi connectivity index (χ0n) is 15.0. The lowest BCUT2D eigenvalue weighted by molar-refractivity contribution is 0.638. The molecule has 0 aliphatic carbocycles. The summed E-state index contributed by atoms with van der Waals surface area (Å²) < 4.78 is 1.84. The molecule has 0 radical (unpaired) electrons. The molecule has 3 aromatic rings. The van der Waals surface area contributed by atoms with E-state index in [2.05, 4.69) is 50.6 Å². The van der Waals surface area contributed by atoms with Gasteiger partial charge in [0.2, 0.25) is 0 Å². The van der Waals surface area contributed by atoms with Crippen molar-refractivity contribution >= 4 is 16.7 Å². The summed E-state index contributed by atoms with van der Waals surface area (Å²) in [4.78, 5) is 7.04. The number of hydrogen-bond donors (Lipinski definition) is 1. The lowest BCUT2D eigenvalue weighted by Gasteiger charge is -2.19. The Bertz CT molecular complexity index is 883. The molecule has 0 unspecified atom stereocenters. The van der Waals surface area contributed by atoms with Crippen LogP contribution in [0.1, 0.15) is 23.2 Å². The number of pyridine rings is 1. The Labute approximate surface area is 148 Å². The fraction of sp³-hybridized carbons (Fsp3) is 0.400. The van der Waals surface area contributed by atoms with E-state index in [0.717, 1.165) is 49.3 Å². The van der Waals surface area contributed by atoms with Crippen molar-refractivity contribution in [3.05, 3.63) is 53.3 Å². The highest BCUT2D eigenvalue weighted by atomic mass is 15.3. The van der Waals surface area contributed by atoms with Crippen LogP contribution in [-0.4, -0.2) is 34.4 Å². The Morgan fingerprint density at radius 2 is 2.12 bits per heavy atom. The number of benzene rings is 1. The van der Waals surface area contributed by atoms with E-state index < -0.39 is 0 Å². The van der Waals surface area contributed by atoms with Crippen molar-refractivity contribution in [3.8, 4) is 0 Å². The van der Waals surface area contributed by atoms with Crippen LogP contribution in [0.25, 0.3) is 11.0 Å². The maximum atomic E-state index is 4.54. The van der Waals surface area contributed by atoms with Crippen LogP contribution < -0.4 is 10.2 Å². The smallest absolute Gasteiger partial charge is 0.157 e. The molecule has 0 bridgehead atoms. The Balaban J connectivity index is 1.27. The predicted molar refractivity (Wildman–Crippen MR) is 102 cm³/mol. The summed E-state index contributed by atoms with van der Waals surface area (Å²) in [7, 11) is 1.94. The maximum Gasteiger partial charge on any atom is 0.157 e. The highest BCUT2D eigenvalue weighted by molar-refractivity contribution is 5.78. The van der Waals surface area contributed by atoms with Crippen LogP contribution in [0, 0.1) is 6.92 Å². The lowest BCUT2D eigenvalue weighted by Crippen LogP contribution is -2.25. The third-order valence-corrected chi connectivity index (χ3v) is 5.01. The summed E-state index contributed by atoms with van der Waals surface area (Å²) in [6.45, 7) is 6.18. The van der Waals surface area contributed by atoms with E-state index in [0.29, 0.717) is 0 Å². The number of para-hydroxylation sites is 1. The van der Waals surface area contributed by atoms with Gasteiger partial charge >= 0.3 is 0 Å². The molecule has 1 aliphatic heterocycles. The van der Waals surface area contributed by atoms with Gasteiger partial charge in [-0.05, 0) is 49.6 Å². The van der Waals surface area contributed by atoms with Gasteiger partial charge in [0, 0.05) is 44.0 Å². The molecule has 130 valence electrons. The number of nitrogens with one attached hydrogen (secondary N) is 1. The van der Waals surface area contributed by atoms with Gasteiger partial charge in [0.15, 0.2) is 5.65 Å². The lowest BCUT2D eigenvalue weighted by atomic mass is 10.2. The fourth-order valence-electron chi connectivity index (χ4n) is 3.71. The second kappa shape index (κ2) is 6.84. The first-order valence-electron chi connectivity index (χ1n) is 9.04. The Kier molecular flexibility index (Phi) is 4.40. The van der Waals surface area contributed by atoms with Gasteiger partial charge in [-0.25, -0.2) is 4.98 Å². The zero-order chi connectivity index (χ0) is 17.2. The molecule has 25 heavy (non-hydrogen) atoms. The average molecular weight is 335 g/mol. The summed E-state index contributed by atoms with van der Waals surface area (Å²) >= 11 is 0. The third-order valence-electron chi connectivity index (χ3n) is 5.01. The van der Waals surface area contributed by atoms with Gasteiger partial charge in [0.05, 0.1) is 5.69 Å². The van der Waals surface area contributed by atoms with Crippen LogP contribution in [0.2, 0.25) is 0 Å². The highest BCUT2D eigenvalue weighted by Crippen LogP contribution is 2.27. The van der Waals surface area contributed by atoms with Crippen LogP contribution >= 0.6 is 0 Å². The second-order valence-electron chi connectivity index (χ2n) is 6.82. The van der Waals surface area contributed by atoms with E-state index >= 15 is 0 Å². The molecule has 5 heteroatoms. The van der Waals surface area contributed by atoms with Gasteiger partial charge in [0.25, 0.3) is 0 Å². The number of fused-ring (bicyclic) bond motifs is 2. The van der Waals surface area contributed by atoms with E-state index in [-0.39, 0.29) is 0 Å². The normalized spacial score (nSPS) is 13.6. The molecular formula is C20H25N5. The number of hydrogen-bond acceptors (Lipinski definition) is 4. The van der Waals surface area contributed by atoms with Crippen molar-refractivity contribution in [2.24, 2.45) is 7.05 Å². The standard InChI is InChI=1S/C20H25N5/c1-15-18-12-16(14-22-20(18)24(2)23-15)13-21-9-5-10-25-11-8-17-6-3-4-7-19(17)25/h3-4,6-7,12,14,21H,5,8-11,13H2,1-2H3. The molecular weight excluding hydrogens is 310 g/mol. The number of aromatic nitrogens is 3. The van der Waals surface area contributed by atoms with Crippen LogP contribution in [-0.2, 0) is 20.0 Å². The Morgan fingerprint density at radius 1 is 1.24 bits per heavy atom. The first kappa shape index (κ1) is 16.1. The van der Waals surface area contributed by atoms with Crippen molar-refractivity contribution in [2.45, 2.75) is 26.3 Å². The molecule has 5 nitrogen and oxygen atoms in total. The van der Waals surface area contributed by atoms with E-state index in [1.165, 1.54) is 23.2 Å². The molecule has 1 aliphatic rings. The summed E-state index contributed by atoms with van der Waals surface area (Å²) in [5, 5.41) is 9.13. The SMILES string of the molecule is Cc1nn(C)c2ncc(CNCCCN3CCc4ccccc43)cc12. The summed E-state index contributed by atoms with van der Waals surface area (Å²) in [5.41, 5.74) is 6.12. The molecule has 3 heterocycles. The first-order chi connectivity index (χ1) is 12.2. The van der Waals surface area contributed by atoms with Crippen LogP contribution in [0.4, 0.5) is 5.69 Å². The number of aryl methyl sites for hydroxylation is 2. The van der Waals surface area contributed by atoms with Gasteiger partial charge < -0.3 is 10.2 Å². The van der Waals surface area contributed by atoms with Crippen LogP contribution in [0.15, 0.2) is 36.5 Å².